The smallest absolute Gasteiger partial charge is 0.314 e. The number of carbonyl (C=O) groups is 1. The second-order valence-electron chi connectivity index (χ2n) is 3.32. The summed E-state index contributed by atoms with van der Waals surface area (Å²) in [5.41, 5.74) is -0.145. The molecular formula is C7H10O3. The summed E-state index contributed by atoms with van der Waals surface area (Å²) in [5.74, 6) is 0.587. The van der Waals surface area contributed by atoms with Crippen molar-refractivity contribution in [3.8, 4) is 0 Å². The summed E-state index contributed by atoms with van der Waals surface area (Å²) in [7, 11) is 0. The van der Waals surface area contributed by atoms with E-state index in [2.05, 4.69) is 4.74 Å². The molecule has 10 heavy (non-hydrogen) atoms. The zero-order valence-corrected chi connectivity index (χ0v) is 5.67. The second kappa shape index (κ2) is 1.72. The van der Waals surface area contributed by atoms with Crippen LogP contribution >= 0.6 is 0 Å². The first-order chi connectivity index (χ1) is 4.77. The zero-order chi connectivity index (χ0) is 7.19. The van der Waals surface area contributed by atoms with Crippen molar-refractivity contribution < 1.29 is 14.6 Å². The van der Waals surface area contributed by atoms with Crippen LogP contribution in [0.15, 0.2) is 0 Å². The SMILES string of the molecule is O=C(OCO)C12CC(C1)C2. The number of rotatable bonds is 2. The van der Waals surface area contributed by atoms with Crippen molar-refractivity contribution in [3.63, 3.8) is 0 Å². The van der Waals surface area contributed by atoms with Crippen LogP contribution in [0.2, 0.25) is 0 Å². The summed E-state index contributed by atoms with van der Waals surface area (Å²) in [6.45, 7) is -0.467. The maximum Gasteiger partial charge on any atom is 0.314 e. The van der Waals surface area contributed by atoms with Crippen LogP contribution in [-0.2, 0) is 9.53 Å². The van der Waals surface area contributed by atoms with Crippen LogP contribution in [0.5, 0.6) is 0 Å². The van der Waals surface area contributed by atoms with Crippen molar-refractivity contribution in [2.45, 2.75) is 19.3 Å². The van der Waals surface area contributed by atoms with Gasteiger partial charge in [0.15, 0.2) is 6.79 Å². The average Bonchev–Trinajstić information content (AvgIpc) is 1.56. The van der Waals surface area contributed by atoms with E-state index in [0.717, 1.165) is 25.2 Å². The van der Waals surface area contributed by atoms with Crippen LogP contribution in [0.25, 0.3) is 0 Å². The molecular weight excluding hydrogens is 132 g/mol. The molecule has 0 aromatic carbocycles. The Morgan fingerprint density at radius 1 is 1.60 bits per heavy atom. The normalized spacial score (nSPS) is 41.5. The van der Waals surface area contributed by atoms with Crippen molar-refractivity contribution in [2.75, 3.05) is 6.79 Å². The van der Waals surface area contributed by atoms with Crippen molar-refractivity contribution in [3.05, 3.63) is 0 Å². The molecule has 0 aliphatic heterocycles. The summed E-state index contributed by atoms with van der Waals surface area (Å²) in [5, 5.41) is 8.29. The van der Waals surface area contributed by atoms with Gasteiger partial charge in [-0.3, -0.25) is 4.79 Å². The van der Waals surface area contributed by atoms with E-state index in [4.69, 9.17) is 5.11 Å². The van der Waals surface area contributed by atoms with E-state index in [-0.39, 0.29) is 11.4 Å². The van der Waals surface area contributed by atoms with Crippen LogP contribution in [0, 0.1) is 11.3 Å². The lowest BCUT2D eigenvalue weighted by atomic mass is 9.44. The molecule has 3 heteroatoms. The number of hydrogen-bond donors (Lipinski definition) is 1. The van der Waals surface area contributed by atoms with Crippen LogP contribution in [0.3, 0.4) is 0 Å². The van der Waals surface area contributed by atoms with Crippen molar-refractivity contribution in [1.29, 1.82) is 0 Å². The highest BCUT2D eigenvalue weighted by Crippen LogP contribution is 2.64. The Balaban J connectivity index is 1.92. The second-order valence-corrected chi connectivity index (χ2v) is 3.32. The average molecular weight is 142 g/mol. The Hall–Kier alpha value is -0.570. The number of aliphatic hydroxyl groups is 1. The predicted octanol–water partition coefficient (Wildman–Crippen LogP) is 0.280. The molecule has 0 unspecified atom stereocenters. The largest absolute Gasteiger partial charge is 0.438 e. The molecule has 3 fully saturated rings. The minimum Gasteiger partial charge on any atom is -0.438 e. The highest BCUT2D eigenvalue weighted by atomic mass is 16.6. The molecule has 2 bridgehead atoms. The summed E-state index contributed by atoms with van der Waals surface area (Å²) >= 11 is 0. The van der Waals surface area contributed by atoms with E-state index in [1.165, 1.54) is 0 Å². The molecule has 0 radical (unpaired) electrons. The van der Waals surface area contributed by atoms with Crippen molar-refractivity contribution in [2.24, 2.45) is 11.3 Å². The number of ether oxygens (including phenoxy) is 1. The van der Waals surface area contributed by atoms with E-state index in [0.29, 0.717) is 0 Å². The van der Waals surface area contributed by atoms with Gasteiger partial charge in [-0.25, -0.2) is 0 Å². The molecule has 0 spiro atoms. The van der Waals surface area contributed by atoms with E-state index >= 15 is 0 Å². The van der Waals surface area contributed by atoms with E-state index < -0.39 is 6.79 Å². The topological polar surface area (TPSA) is 46.5 Å². The summed E-state index contributed by atoms with van der Waals surface area (Å²) in [6, 6.07) is 0. The fourth-order valence-electron chi connectivity index (χ4n) is 1.94. The highest BCUT2D eigenvalue weighted by Gasteiger charge is 2.62. The Labute approximate surface area is 59.0 Å². The Bertz CT molecular complexity index is 159. The van der Waals surface area contributed by atoms with Crippen LogP contribution in [-0.4, -0.2) is 17.9 Å². The Morgan fingerprint density at radius 2 is 2.20 bits per heavy atom. The Kier molecular flexibility index (Phi) is 1.06. The first-order valence-corrected chi connectivity index (χ1v) is 3.55. The van der Waals surface area contributed by atoms with Gasteiger partial charge in [-0.1, -0.05) is 0 Å². The fraction of sp³-hybridized carbons (Fsp3) is 0.857. The van der Waals surface area contributed by atoms with Crippen molar-refractivity contribution in [1.82, 2.24) is 0 Å². The van der Waals surface area contributed by atoms with Gasteiger partial charge in [0.05, 0.1) is 5.41 Å². The highest BCUT2D eigenvalue weighted by molar-refractivity contribution is 5.80. The molecule has 56 valence electrons. The third-order valence-electron chi connectivity index (χ3n) is 2.67. The monoisotopic (exact) mass is 142 g/mol. The summed E-state index contributed by atoms with van der Waals surface area (Å²) in [4.78, 5) is 11.0. The molecule has 0 atom stereocenters. The van der Waals surface area contributed by atoms with Crippen LogP contribution < -0.4 is 0 Å². The van der Waals surface area contributed by atoms with E-state index in [9.17, 15) is 4.79 Å². The van der Waals surface area contributed by atoms with E-state index in [1.54, 1.807) is 0 Å². The number of hydrogen-bond acceptors (Lipinski definition) is 3. The number of carbonyl (C=O) groups excluding carboxylic acids is 1. The zero-order valence-electron chi connectivity index (χ0n) is 5.67. The molecule has 0 aromatic rings. The summed E-state index contributed by atoms with van der Waals surface area (Å²) < 4.78 is 4.50. The quantitative estimate of drug-likeness (QED) is 0.445. The molecule has 3 saturated carbocycles. The lowest BCUT2D eigenvalue weighted by Crippen LogP contribution is -2.57. The number of aliphatic hydroxyl groups excluding tert-OH is 1. The van der Waals surface area contributed by atoms with Crippen LogP contribution in [0.1, 0.15) is 19.3 Å². The van der Waals surface area contributed by atoms with Gasteiger partial charge in [0.1, 0.15) is 0 Å². The molecule has 0 heterocycles. The first-order valence-electron chi connectivity index (χ1n) is 3.55. The molecule has 1 N–H and O–H groups in total. The third-order valence-corrected chi connectivity index (χ3v) is 2.67. The first kappa shape index (κ1) is 6.16. The van der Waals surface area contributed by atoms with Gasteiger partial charge in [0.2, 0.25) is 0 Å². The molecule has 3 nitrogen and oxygen atoms in total. The molecule has 0 aromatic heterocycles. The van der Waals surface area contributed by atoms with Gasteiger partial charge in [0.25, 0.3) is 0 Å². The molecule has 3 aliphatic rings. The van der Waals surface area contributed by atoms with Gasteiger partial charge in [0, 0.05) is 0 Å². The third kappa shape index (κ3) is 0.560. The Morgan fingerprint density at radius 3 is 2.50 bits per heavy atom. The minimum absolute atomic E-state index is 0.145. The van der Waals surface area contributed by atoms with Gasteiger partial charge in [-0.05, 0) is 25.2 Å². The van der Waals surface area contributed by atoms with E-state index in [1.807, 2.05) is 0 Å². The lowest BCUT2D eigenvalue weighted by Gasteiger charge is -2.59. The van der Waals surface area contributed by atoms with Gasteiger partial charge in [-0.2, -0.15) is 0 Å². The van der Waals surface area contributed by atoms with Gasteiger partial charge >= 0.3 is 5.97 Å². The maximum atomic E-state index is 11.0. The maximum absolute atomic E-state index is 11.0. The van der Waals surface area contributed by atoms with Crippen molar-refractivity contribution >= 4 is 5.97 Å². The lowest BCUT2D eigenvalue weighted by molar-refractivity contribution is -0.198. The molecule has 3 aliphatic carbocycles. The molecule has 3 rings (SSSR count). The number of esters is 1. The van der Waals surface area contributed by atoms with Gasteiger partial charge in [-0.15, -0.1) is 0 Å². The van der Waals surface area contributed by atoms with Crippen LogP contribution in [0.4, 0.5) is 0 Å². The summed E-state index contributed by atoms with van der Waals surface area (Å²) in [6.07, 6.45) is 2.98. The predicted molar refractivity (Wildman–Crippen MR) is 33.0 cm³/mol. The van der Waals surface area contributed by atoms with Gasteiger partial charge < -0.3 is 9.84 Å². The standard InChI is InChI=1S/C7H10O3/c8-4-10-6(9)7-1-5(2-7)3-7/h5,8H,1-4H2. The molecule has 0 amide bonds. The fourth-order valence-corrected chi connectivity index (χ4v) is 1.94. The molecule has 0 saturated heterocycles. The minimum atomic E-state index is -0.467.